The van der Waals surface area contributed by atoms with E-state index in [0.717, 1.165) is 16.8 Å². The van der Waals surface area contributed by atoms with Crippen LogP contribution in [-0.4, -0.2) is 39.7 Å². The van der Waals surface area contributed by atoms with Gasteiger partial charge in [-0.05, 0) is 36.4 Å². The van der Waals surface area contributed by atoms with Gasteiger partial charge in [0.1, 0.15) is 18.0 Å². The van der Waals surface area contributed by atoms with Gasteiger partial charge in [-0.1, -0.05) is 18.2 Å². The van der Waals surface area contributed by atoms with Gasteiger partial charge < -0.3 is 4.74 Å². The molecule has 2 aromatic carbocycles. The first kappa shape index (κ1) is 21.9. The summed E-state index contributed by atoms with van der Waals surface area (Å²) in [4.78, 5) is 0. The Morgan fingerprint density at radius 3 is 1.85 bits per heavy atom. The lowest BCUT2D eigenvalue weighted by molar-refractivity contribution is -0.0510. The maximum atomic E-state index is 10.7. The molecule has 0 aromatic heterocycles. The zero-order valence-electron chi connectivity index (χ0n) is 14.6. The van der Waals surface area contributed by atoms with Crippen molar-refractivity contribution in [3.05, 3.63) is 60.2 Å². The maximum absolute atomic E-state index is 10.7. The largest absolute Gasteiger partial charge is 0.522 e. The minimum absolute atomic E-state index is 0.840. The number of hydrogen-bond donors (Lipinski definition) is 1. The molecule has 1 N–H and O–H groups in total. The molecule has 0 aliphatic heterocycles. The lowest BCUT2D eigenvalue weighted by Gasteiger charge is -2.29. The van der Waals surface area contributed by atoms with Crippen molar-refractivity contribution in [1.29, 1.82) is 0 Å². The summed E-state index contributed by atoms with van der Waals surface area (Å²) in [7, 11) is 0.297. The SMILES string of the molecule is COc1ccc(C[N+](C)(C)c2ccccc2)cc1.O=S(=O)(O)C(F)(F)F. The number of ether oxygens (including phenoxy) is 1. The summed E-state index contributed by atoms with van der Waals surface area (Å²) >= 11 is 0. The van der Waals surface area contributed by atoms with E-state index in [-0.39, 0.29) is 0 Å². The van der Waals surface area contributed by atoms with Crippen molar-refractivity contribution >= 4 is 15.8 Å². The number of methoxy groups -OCH3 is 1. The van der Waals surface area contributed by atoms with Crippen LogP contribution < -0.4 is 9.22 Å². The van der Waals surface area contributed by atoms with Gasteiger partial charge in [0.2, 0.25) is 0 Å². The van der Waals surface area contributed by atoms with Crippen LogP contribution in [0.5, 0.6) is 5.75 Å². The standard InChI is InChI=1S/C16H20NO.CHF3O3S/c1-17(2,15-7-5-4-6-8-15)13-14-9-11-16(18-3)12-10-14;2-1(3,4)8(5,6)7/h4-12H,13H2,1-3H3;(H,5,6,7)/q+1;. The van der Waals surface area contributed by atoms with Crippen molar-refractivity contribution in [1.82, 2.24) is 4.48 Å². The Morgan fingerprint density at radius 2 is 1.46 bits per heavy atom. The Bertz CT molecular complexity index is 789. The van der Waals surface area contributed by atoms with Crippen molar-refractivity contribution < 1.29 is 30.9 Å². The predicted molar refractivity (Wildman–Crippen MR) is 94.4 cm³/mol. The summed E-state index contributed by atoms with van der Waals surface area (Å²) in [6.45, 7) is 0.966. The van der Waals surface area contributed by atoms with E-state index in [1.807, 2.05) is 12.1 Å². The van der Waals surface area contributed by atoms with Gasteiger partial charge in [-0.25, -0.2) is 0 Å². The van der Waals surface area contributed by atoms with E-state index in [2.05, 4.69) is 56.6 Å². The quantitative estimate of drug-likeness (QED) is 0.488. The van der Waals surface area contributed by atoms with Gasteiger partial charge in [0.05, 0.1) is 21.2 Å². The molecule has 0 heterocycles. The molecule has 0 amide bonds. The molecular formula is C17H21F3NO4S+. The van der Waals surface area contributed by atoms with Crippen LogP contribution in [0.15, 0.2) is 54.6 Å². The van der Waals surface area contributed by atoms with Crippen LogP contribution in [0.3, 0.4) is 0 Å². The molecule has 0 fully saturated rings. The summed E-state index contributed by atoms with van der Waals surface area (Å²) in [6.07, 6.45) is 0. The number of alkyl halides is 3. The third kappa shape index (κ3) is 6.66. The Kier molecular flexibility index (Phi) is 7.19. The molecule has 0 unspecified atom stereocenters. The zero-order valence-corrected chi connectivity index (χ0v) is 15.4. The van der Waals surface area contributed by atoms with Gasteiger partial charge in [-0.15, -0.1) is 0 Å². The summed E-state index contributed by atoms with van der Waals surface area (Å²) in [6, 6.07) is 18.8. The first-order valence-electron chi connectivity index (χ1n) is 7.42. The molecule has 5 nitrogen and oxygen atoms in total. The number of quaternary nitrogens is 1. The van der Waals surface area contributed by atoms with Gasteiger partial charge in [0, 0.05) is 5.56 Å². The predicted octanol–water partition coefficient (Wildman–Crippen LogP) is 3.86. The summed E-state index contributed by atoms with van der Waals surface area (Å²) in [5.41, 5.74) is -2.91. The molecule has 0 spiro atoms. The summed E-state index contributed by atoms with van der Waals surface area (Å²) in [5, 5.41) is 0. The number of benzene rings is 2. The minimum Gasteiger partial charge on any atom is -0.497 e. The molecular weight excluding hydrogens is 371 g/mol. The lowest BCUT2D eigenvalue weighted by atomic mass is 10.1. The Balaban J connectivity index is 0.000000359. The van der Waals surface area contributed by atoms with Crippen molar-refractivity contribution in [2.45, 2.75) is 12.1 Å². The molecule has 144 valence electrons. The van der Waals surface area contributed by atoms with Gasteiger partial charge in [0.15, 0.2) is 0 Å². The number of rotatable bonds is 4. The fourth-order valence-electron chi connectivity index (χ4n) is 2.11. The molecule has 2 aromatic rings. The number of nitrogens with zero attached hydrogens (tertiary/aromatic N) is 1. The van der Waals surface area contributed by atoms with Crippen LogP contribution in [0.4, 0.5) is 18.9 Å². The van der Waals surface area contributed by atoms with E-state index in [1.54, 1.807) is 7.11 Å². The highest BCUT2D eigenvalue weighted by Crippen LogP contribution is 2.22. The second-order valence-corrected chi connectivity index (χ2v) is 7.36. The highest BCUT2D eigenvalue weighted by Gasteiger charge is 2.44. The van der Waals surface area contributed by atoms with E-state index in [4.69, 9.17) is 17.7 Å². The van der Waals surface area contributed by atoms with Crippen molar-refractivity contribution in [2.75, 3.05) is 21.2 Å². The number of para-hydroxylation sites is 1. The first-order valence-corrected chi connectivity index (χ1v) is 8.86. The van der Waals surface area contributed by atoms with E-state index >= 15 is 0 Å². The van der Waals surface area contributed by atoms with Crippen LogP contribution >= 0.6 is 0 Å². The minimum atomic E-state index is -5.84. The van der Waals surface area contributed by atoms with Crippen LogP contribution in [-0.2, 0) is 16.7 Å². The van der Waals surface area contributed by atoms with E-state index < -0.39 is 15.6 Å². The van der Waals surface area contributed by atoms with Crippen molar-refractivity contribution in [2.24, 2.45) is 0 Å². The fraction of sp³-hybridized carbons (Fsp3) is 0.294. The summed E-state index contributed by atoms with van der Waals surface area (Å²) < 4.78 is 63.6. The zero-order chi connectivity index (χ0) is 20.0. The Labute approximate surface area is 151 Å². The Morgan fingerprint density at radius 1 is 1.00 bits per heavy atom. The van der Waals surface area contributed by atoms with Crippen LogP contribution in [0.2, 0.25) is 0 Å². The first-order chi connectivity index (χ1) is 11.9. The van der Waals surface area contributed by atoms with E-state index in [0.29, 0.717) is 0 Å². The topological polar surface area (TPSA) is 63.6 Å². The molecule has 0 saturated heterocycles. The van der Waals surface area contributed by atoms with Crippen molar-refractivity contribution in [3.8, 4) is 5.75 Å². The third-order valence-electron chi connectivity index (χ3n) is 3.48. The average molecular weight is 392 g/mol. The molecule has 0 aliphatic rings. The van der Waals surface area contributed by atoms with Gasteiger partial charge in [-0.2, -0.15) is 21.6 Å². The molecule has 0 atom stereocenters. The molecule has 26 heavy (non-hydrogen) atoms. The monoisotopic (exact) mass is 392 g/mol. The third-order valence-corrected chi connectivity index (χ3v) is 4.07. The molecule has 9 heteroatoms. The second kappa shape index (κ2) is 8.52. The second-order valence-electron chi connectivity index (χ2n) is 5.95. The van der Waals surface area contributed by atoms with Gasteiger partial charge >= 0.3 is 15.6 Å². The Hall–Kier alpha value is -2.10. The van der Waals surface area contributed by atoms with Crippen molar-refractivity contribution in [3.63, 3.8) is 0 Å². The smallest absolute Gasteiger partial charge is 0.497 e. The highest BCUT2D eigenvalue weighted by atomic mass is 32.2. The molecule has 2 rings (SSSR count). The number of hydrogen-bond acceptors (Lipinski definition) is 3. The molecule has 0 saturated carbocycles. The maximum Gasteiger partial charge on any atom is 0.522 e. The van der Waals surface area contributed by atoms with Gasteiger partial charge in [-0.3, -0.25) is 9.04 Å². The molecule has 0 aliphatic carbocycles. The highest BCUT2D eigenvalue weighted by molar-refractivity contribution is 7.86. The number of halogens is 3. The van der Waals surface area contributed by atoms with Crippen LogP contribution in [0.1, 0.15) is 5.56 Å². The average Bonchev–Trinajstić information content (AvgIpc) is 2.55. The summed E-state index contributed by atoms with van der Waals surface area (Å²) in [5.74, 6) is 0.906. The molecule has 0 bridgehead atoms. The normalized spacial score (nSPS) is 12.1. The van der Waals surface area contributed by atoms with E-state index in [9.17, 15) is 13.2 Å². The fourth-order valence-corrected chi connectivity index (χ4v) is 2.11. The van der Waals surface area contributed by atoms with E-state index in [1.165, 1.54) is 11.3 Å². The van der Waals surface area contributed by atoms with Gasteiger partial charge in [0.25, 0.3) is 0 Å². The van der Waals surface area contributed by atoms with Crippen LogP contribution in [0, 0.1) is 0 Å². The van der Waals surface area contributed by atoms with Crippen LogP contribution in [0.25, 0.3) is 0 Å². The molecule has 0 radical (unpaired) electrons. The lowest BCUT2D eigenvalue weighted by Crippen LogP contribution is -2.39.